The Morgan fingerprint density at radius 1 is 1.44 bits per heavy atom. The molecule has 1 saturated heterocycles. The predicted octanol–water partition coefficient (Wildman–Crippen LogP) is 1.79. The zero-order valence-corrected chi connectivity index (χ0v) is 11.1. The molecule has 1 unspecified atom stereocenters. The molecule has 0 aromatic carbocycles. The van der Waals surface area contributed by atoms with Crippen LogP contribution in [0.25, 0.3) is 0 Å². The maximum atomic E-state index is 12.3. The van der Waals surface area contributed by atoms with E-state index in [9.17, 15) is 4.79 Å². The zero-order valence-electron chi connectivity index (χ0n) is 11.1. The van der Waals surface area contributed by atoms with Crippen molar-refractivity contribution in [2.45, 2.75) is 44.7 Å². The highest BCUT2D eigenvalue weighted by molar-refractivity contribution is 5.86. The average molecular weight is 247 g/mol. The fourth-order valence-electron chi connectivity index (χ4n) is 2.34. The Hall–Kier alpha value is -1.42. The number of nitrogens with one attached hydrogen (secondary N) is 2. The van der Waals surface area contributed by atoms with Gasteiger partial charge in [-0.1, -0.05) is 0 Å². The molecule has 1 amide bonds. The second-order valence-corrected chi connectivity index (χ2v) is 5.19. The van der Waals surface area contributed by atoms with Gasteiger partial charge in [0.1, 0.15) is 0 Å². The van der Waals surface area contributed by atoms with Gasteiger partial charge in [-0.25, -0.2) is 0 Å². The van der Waals surface area contributed by atoms with Crippen LogP contribution in [0.4, 0.5) is 0 Å². The fourth-order valence-corrected chi connectivity index (χ4v) is 2.34. The lowest BCUT2D eigenvalue weighted by atomic mass is 9.89. The summed E-state index contributed by atoms with van der Waals surface area (Å²) in [6.07, 6.45) is 6.67. The van der Waals surface area contributed by atoms with Gasteiger partial charge in [0.15, 0.2) is 0 Å². The van der Waals surface area contributed by atoms with E-state index < -0.39 is 5.54 Å². The molecule has 1 aliphatic heterocycles. The average Bonchev–Trinajstić information content (AvgIpc) is 2.40. The Labute approximate surface area is 108 Å². The number of nitrogens with zero attached hydrogens (tertiary/aromatic N) is 1. The van der Waals surface area contributed by atoms with Crippen LogP contribution in [-0.2, 0) is 4.79 Å². The minimum absolute atomic E-state index is 0.0149. The Bertz CT molecular complexity index is 399. The van der Waals surface area contributed by atoms with Crippen LogP contribution in [0.3, 0.4) is 0 Å². The summed E-state index contributed by atoms with van der Waals surface area (Å²) in [4.78, 5) is 16.3. The number of piperidine rings is 1. The van der Waals surface area contributed by atoms with E-state index in [1.165, 1.54) is 0 Å². The number of pyridine rings is 1. The van der Waals surface area contributed by atoms with E-state index in [4.69, 9.17) is 0 Å². The van der Waals surface area contributed by atoms with E-state index in [0.29, 0.717) is 0 Å². The zero-order chi connectivity index (χ0) is 13.0. The van der Waals surface area contributed by atoms with Gasteiger partial charge in [-0.3, -0.25) is 9.78 Å². The summed E-state index contributed by atoms with van der Waals surface area (Å²) >= 11 is 0. The standard InChI is InChI=1S/C14H21N3O/c1-11(12-5-9-15-10-6-12)17-13(18)14(2)7-3-4-8-16-14/h5-6,9-11,16H,3-4,7-8H2,1-2H3,(H,17,18)/t11-,14?/m1/s1. The van der Waals surface area contributed by atoms with Gasteiger partial charge in [-0.15, -0.1) is 0 Å². The third-order valence-corrected chi connectivity index (χ3v) is 3.67. The Morgan fingerprint density at radius 3 is 2.78 bits per heavy atom. The van der Waals surface area contributed by atoms with Crippen LogP contribution < -0.4 is 10.6 Å². The number of rotatable bonds is 3. The number of hydrogen-bond acceptors (Lipinski definition) is 3. The van der Waals surface area contributed by atoms with E-state index in [0.717, 1.165) is 31.4 Å². The van der Waals surface area contributed by atoms with Crippen LogP contribution in [0, 0.1) is 0 Å². The molecule has 2 rings (SSSR count). The third-order valence-electron chi connectivity index (χ3n) is 3.67. The van der Waals surface area contributed by atoms with Crippen molar-refractivity contribution in [2.24, 2.45) is 0 Å². The van der Waals surface area contributed by atoms with Crippen molar-refractivity contribution >= 4 is 5.91 Å². The summed E-state index contributed by atoms with van der Waals surface area (Å²) in [5.41, 5.74) is 0.664. The van der Waals surface area contributed by atoms with Gasteiger partial charge in [-0.2, -0.15) is 0 Å². The van der Waals surface area contributed by atoms with Crippen LogP contribution in [-0.4, -0.2) is 23.0 Å². The van der Waals surface area contributed by atoms with Crippen LogP contribution in [0.5, 0.6) is 0 Å². The summed E-state index contributed by atoms with van der Waals surface area (Å²) in [7, 11) is 0. The molecule has 18 heavy (non-hydrogen) atoms. The van der Waals surface area contributed by atoms with Crippen LogP contribution in [0.2, 0.25) is 0 Å². The largest absolute Gasteiger partial charge is 0.348 e. The molecule has 2 heterocycles. The smallest absolute Gasteiger partial charge is 0.240 e. The van der Waals surface area contributed by atoms with Gasteiger partial charge in [0.25, 0.3) is 0 Å². The monoisotopic (exact) mass is 247 g/mol. The molecule has 2 N–H and O–H groups in total. The molecule has 4 nitrogen and oxygen atoms in total. The molecule has 2 atom stereocenters. The van der Waals surface area contributed by atoms with Crippen molar-refractivity contribution in [3.63, 3.8) is 0 Å². The molecule has 0 bridgehead atoms. The van der Waals surface area contributed by atoms with Gasteiger partial charge < -0.3 is 10.6 Å². The summed E-state index contributed by atoms with van der Waals surface area (Å²) in [6.45, 7) is 4.91. The minimum atomic E-state index is -0.417. The van der Waals surface area contributed by atoms with Crippen molar-refractivity contribution in [2.75, 3.05) is 6.54 Å². The van der Waals surface area contributed by atoms with Crippen LogP contribution >= 0.6 is 0 Å². The molecule has 98 valence electrons. The van der Waals surface area contributed by atoms with Crippen molar-refractivity contribution < 1.29 is 4.79 Å². The van der Waals surface area contributed by atoms with Crippen LogP contribution in [0.15, 0.2) is 24.5 Å². The Kier molecular flexibility index (Phi) is 3.97. The summed E-state index contributed by atoms with van der Waals surface area (Å²) < 4.78 is 0. The number of hydrogen-bond donors (Lipinski definition) is 2. The summed E-state index contributed by atoms with van der Waals surface area (Å²) in [5, 5.41) is 6.40. The van der Waals surface area contributed by atoms with Gasteiger partial charge in [0.2, 0.25) is 5.91 Å². The van der Waals surface area contributed by atoms with Gasteiger partial charge in [-0.05, 0) is 57.4 Å². The van der Waals surface area contributed by atoms with Crippen LogP contribution in [0.1, 0.15) is 44.7 Å². The lowest BCUT2D eigenvalue weighted by molar-refractivity contribution is -0.128. The first-order valence-electron chi connectivity index (χ1n) is 6.58. The van der Waals surface area contributed by atoms with Crippen molar-refractivity contribution in [1.82, 2.24) is 15.6 Å². The highest BCUT2D eigenvalue weighted by Crippen LogP contribution is 2.20. The van der Waals surface area contributed by atoms with E-state index in [2.05, 4.69) is 15.6 Å². The third kappa shape index (κ3) is 2.88. The van der Waals surface area contributed by atoms with Crippen molar-refractivity contribution in [3.8, 4) is 0 Å². The summed E-state index contributed by atoms with van der Waals surface area (Å²) in [6, 6.07) is 3.88. The lowest BCUT2D eigenvalue weighted by Crippen LogP contribution is -2.57. The maximum Gasteiger partial charge on any atom is 0.240 e. The molecule has 0 aliphatic carbocycles. The normalized spacial score (nSPS) is 25.4. The Balaban J connectivity index is 1.98. The quantitative estimate of drug-likeness (QED) is 0.856. The summed E-state index contributed by atoms with van der Waals surface area (Å²) in [5.74, 6) is 0.0894. The van der Waals surface area contributed by atoms with Crippen molar-refractivity contribution in [3.05, 3.63) is 30.1 Å². The second kappa shape index (κ2) is 5.48. The highest BCUT2D eigenvalue weighted by Gasteiger charge is 2.34. The van der Waals surface area contributed by atoms with Gasteiger partial charge in [0, 0.05) is 12.4 Å². The highest BCUT2D eigenvalue weighted by atomic mass is 16.2. The molecule has 1 aromatic heterocycles. The number of carbonyl (C=O) groups is 1. The van der Waals surface area contributed by atoms with E-state index in [1.54, 1.807) is 12.4 Å². The lowest BCUT2D eigenvalue weighted by Gasteiger charge is -2.34. The SMILES string of the molecule is C[C@@H](NC(=O)C1(C)CCCCN1)c1ccncc1. The van der Waals surface area contributed by atoms with Crippen molar-refractivity contribution in [1.29, 1.82) is 0 Å². The predicted molar refractivity (Wildman–Crippen MR) is 71.1 cm³/mol. The number of amides is 1. The maximum absolute atomic E-state index is 12.3. The first-order valence-corrected chi connectivity index (χ1v) is 6.58. The van der Waals surface area contributed by atoms with E-state index >= 15 is 0 Å². The molecular formula is C14H21N3O. The fraction of sp³-hybridized carbons (Fsp3) is 0.571. The molecule has 1 fully saturated rings. The minimum Gasteiger partial charge on any atom is -0.348 e. The van der Waals surface area contributed by atoms with E-state index in [-0.39, 0.29) is 11.9 Å². The van der Waals surface area contributed by atoms with E-state index in [1.807, 2.05) is 26.0 Å². The number of carbonyl (C=O) groups excluding carboxylic acids is 1. The molecule has 1 aliphatic rings. The molecule has 0 radical (unpaired) electrons. The Morgan fingerprint density at radius 2 is 2.17 bits per heavy atom. The van der Waals surface area contributed by atoms with Gasteiger partial charge in [0.05, 0.1) is 11.6 Å². The second-order valence-electron chi connectivity index (χ2n) is 5.19. The molecule has 4 heteroatoms. The topological polar surface area (TPSA) is 54.0 Å². The van der Waals surface area contributed by atoms with Gasteiger partial charge >= 0.3 is 0 Å². The first-order chi connectivity index (χ1) is 8.62. The molecule has 0 spiro atoms. The molecular weight excluding hydrogens is 226 g/mol. The molecule has 1 aromatic rings. The number of aromatic nitrogens is 1. The first kappa shape index (κ1) is 13.0. The molecule has 0 saturated carbocycles.